The largest absolute Gasteiger partial charge is 0.250 e. The van der Waals surface area contributed by atoms with Crippen LogP contribution in [0.2, 0.25) is 0 Å². The summed E-state index contributed by atoms with van der Waals surface area (Å²) in [6, 6.07) is 20.1. The lowest BCUT2D eigenvalue weighted by atomic mass is 10.00. The number of aliphatic imine (C=N–C) groups is 2. The van der Waals surface area contributed by atoms with Crippen LogP contribution in [-0.4, -0.2) is 11.4 Å². The average Bonchev–Trinajstić information content (AvgIpc) is 2.82. The Morgan fingerprint density at radius 3 is 1.36 bits per heavy atom. The number of fused-ring (bicyclic) bond motifs is 1. The minimum atomic E-state index is -0.286. The van der Waals surface area contributed by atoms with Crippen LogP contribution in [0.15, 0.2) is 82.8 Å². The highest BCUT2D eigenvalue weighted by molar-refractivity contribution is 6.20. The van der Waals surface area contributed by atoms with E-state index in [9.17, 15) is 8.78 Å². The molecule has 0 spiro atoms. The molecule has 25 heavy (non-hydrogen) atoms. The highest BCUT2D eigenvalue weighted by atomic mass is 19.1. The van der Waals surface area contributed by atoms with E-state index in [0.29, 0.717) is 6.42 Å². The van der Waals surface area contributed by atoms with Crippen molar-refractivity contribution in [3.05, 3.63) is 95.6 Å². The third-order valence-corrected chi connectivity index (χ3v) is 4.08. The lowest BCUT2D eigenvalue weighted by Gasteiger charge is -2.08. The fourth-order valence-corrected chi connectivity index (χ4v) is 2.80. The molecule has 0 unspecified atom stereocenters. The zero-order valence-corrected chi connectivity index (χ0v) is 13.3. The first-order valence-electron chi connectivity index (χ1n) is 7.95. The number of para-hydroxylation sites is 2. The van der Waals surface area contributed by atoms with Crippen molar-refractivity contribution in [3.8, 4) is 0 Å². The minimum Gasteiger partial charge on any atom is -0.250 e. The maximum absolute atomic E-state index is 13.3. The summed E-state index contributed by atoms with van der Waals surface area (Å²) in [6.45, 7) is 0. The van der Waals surface area contributed by atoms with Crippen LogP contribution < -0.4 is 0 Å². The van der Waals surface area contributed by atoms with Gasteiger partial charge in [0.25, 0.3) is 0 Å². The van der Waals surface area contributed by atoms with Gasteiger partial charge in [-0.3, -0.25) is 9.98 Å². The molecule has 0 saturated carbocycles. The van der Waals surface area contributed by atoms with Gasteiger partial charge in [-0.2, -0.15) is 0 Å². The maximum Gasteiger partial charge on any atom is 0.123 e. The van der Waals surface area contributed by atoms with Gasteiger partial charge in [0, 0.05) is 6.42 Å². The van der Waals surface area contributed by atoms with Crippen molar-refractivity contribution >= 4 is 22.8 Å². The van der Waals surface area contributed by atoms with E-state index in [1.165, 1.54) is 24.3 Å². The van der Waals surface area contributed by atoms with E-state index in [1.54, 1.807) is 24.3 Å². The summed E-state index contributed by atoms with van der Waals surface area (Å²) in [5.74, 6) is -0.573. The number of hydrogen-bond donors (Lipinski definition) is 0. The number of hydrogen-bond acceptors (Lipinski definition) is 2. The molecule has 3 aromatic carbocycles. The van der Waals surface area contributed by atoms with Crippen LogP contribution in [0, 0.1) is 11.6 Å². The Hall–Kier alpha value is -3.14. The maximum atomic E-state index is 13.3. The van der Waals surface area contributed by atoms with Crippen molar-refractivity contribution in [1.29, 1.82) is 0 Å². The summed E-state index contributed by atoms with van der Waals surface area (Å²) >= 11 is 0. The first kappa shape index (κ1) is 15.4. The van der Waals surface area contributed by atoms with Gasteiger partial charge in [0.2, 0.25) is 0 Å². The predicted octanol–water partition coefficient (Wildman–Crippen LogP) is 5.61. The monoisotopic (exact) mass is 332 g/mol. The fourth-order valence-electron chi connectivity index (χ4n) is 2.80. The smallest absolute Gasteiger partial charge is 0.123 e. The van der Waals surface area contributed by atoms with Crippen LogP contribution in [0.5, 0.6) is 0 Å². The molecule has 0 radical (unpaired) electrons. The summed E-state index contributed by atoms with van der Waals surface area (Å²) in [5, 5.41) is 0. The molecular weight excluding hydrogens is 318 g/mol. The summed E-state index contributed by atoms with van der Waals surface area (Å²) < 4.78 is 26.5. The second-order valence-corrected chi connectivity index (χ2v) is 5.80. The van der Waals surface area contributed by atoms with Gasteiger partial charge in [-0.15, -0.1) is 0 Å². The molecule has 122 valence electrons. The standard InChI is InChI=1S/C21H14F2N2/c22-16-9-5-14(6-10-16)20-13-21(15-7-11-17(23)12-8-15)25-19-4-2-1-3-18(19)24-20/h1-12H,13H2. The Kier molecular flexibility index (Phi) is 3.94. The summed E-state index contributed by atoms with van der Waals surface area (Å²) in [5.41, 5.74) is 4.81. The second kappa shape index (κ2) is 6.40. The molecule has 3 aromatic rings. The van der Waals surface area contributed by atoms with Crippen molar-refractivity contribution in [1.82, 2.24) is 0 Å². The predicted molar refractivity (Wildman–Crippen MR) is 96.3 cm³/mol. The van der Waals surface area contributed by atoms with Gasteiger partial charge in [0.15, 0.2) is 0 Å². The molecule has 0 bridgehead atoms. The third kappa shape index (κ3) is 3.24. The number of rotatable bonds is 2. The Morgan fingerprint density at radius 1 is 0.560 bits per heavy atom. The molecular formula is C21H14F2N2. The molecule has 1 aliphatic heterocycles. The first-order valence-corrected chi connectivity index (χ1v) is 7.95. The van der Waals surface area contributed by atoms with Crippen LogP contribution >= 0.6 is 0 Å². The molecule has 1 aliphatic rings. The van der Waals surface area contributed by atoms with E-state index in [-0.39, 0.29) is 11.6 Å². The van der Waals surface area contributed by atoms with Crippen LogP contribution in [-0.2, 0) is 0 Å². The van der Waals surface area contributed by atoms with Crippen LogP contribution in [0.25, 0.3) is 0 Å². The summed E-state index contributed by atoms with van der Waals surface area (Å²) in [4.78, 5) is 9.48. The SMILES string of the molecule is Fc1ccc(C2=Nc3ccccc3N=C(c3ccc(F)cc3)C2)cc1. The minimum absolute atomic E-state index is 0.286. The van der Waals surface area contributed by atoms with Crippen LogP contribution in [0.3, 0.4) is 0 Å². The quantitative estimate of drug-likeness (QED) is 0.583. The van der Waals surface area contributed by atoms with E-state index in [0.717, 1.165) is 33.9 Å². The Balaban J connectivity index is 1.84. The van der Waals surface area contributed by atoms with E-state index in [2.05, 4.69) is 0 Å². The van der Waals surface area contributed by atoms with Gasteiger partial charge < -0.3 is 0 Å². The van der Waals surface area contributed by atoms with E-state index in [4.69, 9.17) is 9.98 Å². The second-order valence-electron chi connectivity index (χ2n) is 5.80. The molecule has 1 heterocycles. The van der Waals surface area contributed by atoms with Crippen LogP contribution in [0.1, 0.15) is 17.5 Å². The van der Waals surface area contributed by atoms with Crippen LogP contribution in [0.4, 0.5) is 20.2 Å². The topological polar surface area (TPSA) is 24.7 Å². The van der Waals surface area contributed by atoms with E-state index >= 15 is 0 Å². The normalized spacial score (nSPS) is 13.5. The molecule has 0 aliphatic carbocycles. The van der Waals surface area contributed by atoms with Gasteiger partial charge in [0.1, 0.15) is 11.6 Å². The molecule has 4 heteroatoms. The van der Waals surface area contributed by atoms with Crippen molar-refractivity contribution < 1.29 is 8.78 Å². The van der Waals surface area contributed by atoms with Gasteiger partial charge in [-0.25, -0.2) is 8.78 Å². The highest BCUT2D eigenvalue weighted by Gasteiger charge is 2.16. The Labute approximate surface area is 144 Å². The van der Waals surface area contributed by atoms with Crippen molar-refractivity contribution in [2.75, 3.05) is 0 Å². The first-order chi connectivity index (χ1) is 12.2. The number of nitrogens with zero attached hydrogens (tertiary/aromatic N) is 2. The Bertz CT molecular complexity index is 891. The van der Waals surface area contributed by atoms with Crippen molar-refractivity contribution in [2.24, 2.45) is 9.98 Å². The molecule has 0 amide bonds. The molecule has 0 fully saturated rings. The van der Waals surface area contributed by atoms with Crippen molar-refractivity contribution in [2.45, 2.75) is 6.42 Å². The third-order valence-electron chi connectivity index (χ3n) is 4.08. The molecule has 4 rings (SSSR count). The van der Waals surface area contributed by atoms with E-state index < -0.39 is 0 Å². The molecule has 2 nitrogen and oxygen atoms in total. The number of halogens is 2. The zero-order chi connectivity index (χ0) is 17.2. The van der Waals surface area contributed by atoms with E-state index in [1.807, 2.05) is 24.3 Å². The van der Waals surface area contributed by atoms with Gasteiger partial charge in [-0.1, -0.05) is 36.4 Å². The van der Waals surface area contributed by atoms with Gasteiger partial charge >= 0.3 is 0 Å². The van der Waals surface area contributed by atoms with Gasteiger partial charge in [-0.05, 0) is 47.5 Å². The lowest BCUT2D eigenvalue weighted by molar-refractivity contribution is 0.627. The molecule has 0 N–H and O–H groups in total. The number of benzene rings is 3. The molecule has 0 saturated heterocycles. The molecule has 0 atom stereocenters. The molecule has 0 aromatic heterocycles. The zero-order valence-electron chi connectivity index (χ0n) is 13.3. The average molecular weight is 332 g/mol. The summed E-state index contributed by atoms with van der Waals surface area (Å²) in [6.07, 6.45) is 0.478. The Morgan fingerprint density at radius 2 is 0.960 bits per heavy atom. The van der Waals surface area contributed by atoms with Gasteiger partial charge in [0.05, 0.1) is 22.8 Å². The lowest BCUT2D eigenvalue weighted by Crippen LogP contribution is -2.10. The van der Waals surface area contributed by atoms with Crippen molar-refractivity contribution in [3.63, 3.8) is 0 Å². The highest BCUT2D eigenvalue weighted by Crippen LogP contribution is 2.32. The fraction of sp³-hybridized carbons (Fsp3) is 0.0476. The summed E-state index contributed by atoms with van der Waals surface area (Å²) in [7, 11) is 0.